The molecule has 4 rings (SSSR count). The molecule has 2 unspecified atom stereocenters. The Kier molecular flexibility index (Phi) is 3.64. The summed E-state index contributed by atoms with van der Waals surface area (Å²) in [5.41, 5.74) is 2.73. The summed E-state index contributed by atoms with van der Waals surface area (Å²) < 4.78 is 0. The quantitative estimate of drug-likeness (QED) is 0.504. The molecule has 0 aliphatic heterocycles. The SMILES string of the molecule is C[Si](C)(C)C1C2([Si](C)(C)C)CC1([Si](C)(C)C)C2c1ccccc1. The highest BCUT2D eigenvalue weighted by atomic mass is 28.3. The Hall–Kier alpha value is -0.129. The van der Waals surface area contributed by atoms with Crippen LogP contribution in [-0.2, 0) is 0 Å². The van der Waals surface area contributed by atoms with Gasteiger partial charge in [-0.25, -0.2) is 0 Å². The molecule has 0 heterocycles. The zero-order valence-corrected chi connectivity index (χ0v) is 19.7. The van der Waals surface area contributed by atoms with Crippen LogP contribution in [0.5, 0.6) is 0 Å². The van der Waals surface area contributed by atoms with Crippen molar-refractivity contribution in [1.82, 2.24) is 0 Å². The third kappa shape index (κ3) is 1.99. The molecule has 0 saturated heterocycles. The Labute approximate surface area is 147 Å². The molecule has 0 radical (unpaired) electrons. The fraction of sp³-hybridized carbons (Fsp3) is 0.700. The second kappa shape index (κ2) is 4.73. The molecular weight excluding hydrogens is 324 g/mol. The molecule has 0 N–H and O–H groups in total. The highest BCUT2D eigenvalue weighted by Gasteiger charge is 2.88. The van der Waals surface area contributed by atoms with Crippen molar-refractivity contribution in [3.63, 3.8) is 0 Å². The minimum atomic E-state index is -1.22. The van der Waals surface area contributed by atoms with Crippen LogP contribution in [0.25, 0.3) is 0 Å². The molecule has 3 fully saturated rings. The Balaban J connectivity index is 2.19. The third-order valence-corrected chi connectivity index (χ3v) is 17.9. The van der Waals surface area contributed by atoms with Crippen molar-refractivity contribution in [1.29, 1.82) is 0 Å². The van der Waals surface area contributed by atoms with Gasteiger partial charge in [-0.3, -0.25) is 0 Å². The van der Waals surface area contributed by atoms with E-state index in [2.05, 4.69) is 89.3 Å². The van der Waals surface area contributed by atoms with Crippen LogP contribution in [0, 0.1) is 0 Å². The van der Waals surface area contributed by atoms with E-state index in [-0.39, 0.29) is 0 Å². The molecule has 0 aromatic heterocycles. The van der Waals surface area contributed by atoms with E-state index in [4.69, 9.17) is 0 Å². The van der Waals surface area contributed by atoms with Crippen molar-refractivity contribution in [3.05, 3.63) is 35.9 Å². The Morgan fingerprint density at radius 1 is 0.739 bits per heavy atom. The zero-order valence-electron chi connectivity index (χ0n) is 16.7. The van der Waals surface area contributed by atoms with E-state index >= 15 is 0 Å². The van der Waals surface area contributed by atoms with Gasteiger partial charge in [0.25, 0.3) is 0 Å². The first-order chi connectivity index (χ1) is 10.3. The Morgan fingerprint density at radius 2 is 1.17 bits per heavy atom. The third-order valence-electron chi connectivity index (χ3n) is 7.44. The monoisotopic (exact) mass is 360 g/mol. The molecule has 3 aliphatic carbocycles. The minimum absolute atomic E-state index is 0.680. The summed E-state index contributed by atoms with van der Waals surface area (Å²) >= 11 is 0. The zero-order chi connectivity index (χ0) is 17.5. The summed E-state index contributed by atoms with van der Waals surface area (Å²) in [7, 11) is -3.60. The second-order valence-corrected chi connectivity index (χ2v) is 27.6. The van der Waals surface area contributed by atoms with E-state index in [1.165, 1.54) is 0 Å². The molecule has 128 valence electrons. The molecule has 0 amide bonds. The highest BCUT2D eigenvalue weighted by Crippen LogP contribution is 3.01. The Morgan fingerprint density at radius 3 is 1.52 bits per heavy atom. The maximum Gasteiger partial charge on any atom is 0.0513 e. The molecule has 0 nitrogen and oxygen atoms in total. The highest BCUT2D eigenvalue weighted by molar-refractivity contribution is 6.92. The number of rotatable bonds is 4. The van der Waals surface area contributed by atoms with Crippen molar-refractivity contribution in [3.8, 4) is 0 Å². The standard InChI is InChI=1S/C20H36Si3/c1-21(2,3)18-19(22(4,5)6)15-20(18,23(7,8)9)17(19)16-13-11-10-12-14-16/h10-14,17-18H,15H2,1-9H3. The van der Waals surface area contributed by atoms with E-state index in [1.807, 2.05) is 0 Å². The molecule has 3 heteroatoms. The number of hydrogen-bond acceptors (Lipinski definition) is 0. The van der Waals surface area contributed by atoms with Crippen molar-refractivity contribution < 1.29 is 0 Å². The molecule has 23 heavy (non-hydrogen) atoms. The van der Waals surface area contributed by atoms with Gasteiger partial charge in [-0.15, -0.1) is 0 Å². The largest absolute Gasteiger partial charge is 0.0693 e. The van der Waals surface area contributed by atoms with Crippen LogP contribution in [0.2, 0.25) is 74.5 Å². The molecule has 2 bridgehead atoms. The van der Waals surface area contributed by atoms with E-state index < -0.39 is 24.2 Å². The molecular formula is C20H36Si3. The van der Waals surface area contributed by atoms with Crippen LogP contribution >= 0.6 is 0 Å². The first kappa shape index (κ1) is 17.7. The predicted octanol–water partition coefficient (Wildman–Crippen LogP) is 7.05. The topological polar surface area (TPSA) is 0 Å². The van der Waals surface area contributed by atoms with Crippen molar-refractivity contribution in [2.75, 3.05) is 0 Å². The lowest BCUT2D eigenvalue weighted by Gasteiger charge is -2.91. The van der Waals surface area contributed by atoms with E-state index in [0.29, 0.717) is 10.1 Å². The van der Waals surface area contributed by atoms with Crippen molar-refractivity contribution >= 4 is 24.2 Å². The van der Waals surface area contributed by atoms with Gasteiger partial charge in [0.2, 0.25) is 0 Å². The van der Waals surface area contributed by atoms with Crippen molar-refractivity contribution in [2.45, 2.75) is 86.9 Å². The summed E-state index contributed by atoms with van der Waals surface area (Å²) in [6.07, 6.45) is 1.56. The van der Waals surface area contributed by atoms with Crippen LogP contribution < -0.4 is 0 Å². The van der Waals surface area contributed by atoms with Crippen LogP contribution in [0.4, 0.5) is 0 Å². The van der Waals surface area contributed by atoms with Crippen molar-refractivity contribution in [2.24, 2.45) is 0 Å². The molecule has 3 saturated carbocycles. The van der Waals surface area contributed by atoms with Gasteiger partial charge in [0.15, 0.2) is 0 Å². The lowest BCUT2D eigenvalue weighted by atomic mass is 9.43. The Bertz CT molecular complexity index is 575. The minimum Gasteiger partial charge on any atom is -0.0693 e. The summed E-state index contributed by atoms with van der Waals surface area (Å²) in [6, 6.07) is 11.6. The van der Waals surface area contributed by atoms with Crippen LogP contribution in [0.1, 0.15) is 17.9 Å². The maximum atomic E-state index is 2.66. The van der Waals surface area contributed by atoms with E-state index in [9.17, 15) is 0 Å². The lowest BCUT2D eigenvalue weighted by molar-refractivity contribution is -0.00502. The molecule has 1 aromatic rings. The summed E-state index contributed by atoms with van der Waals surface area (Å²) in [5, 5.41) is 1.36. The van der Waals surface area contributed by atoms with E-state index in [1.54, 1.807) is 12.0 Å². The van der Waals surface area contributed by atoms with E-state index in [0.717, 1.165) is 11.5 Å². The van der Waals surface area contributed by atoms with Gasteiger partial charge in [0, 0.05) is 8.07 Å². The lowest BCUT2D eigenvalue weighted by Crippen LogP contribution is -2.81. The van der Waals surface area contributed by atoms with Gasteiger partial charge < -0.3 is 0 Å². The van der Waals surface area contributed by atoms with Gasteiger partial charge >= 0.3 is 0 Å². The fourth-order valence-corrected chi connectivity index (χ4v) is 22.6. The van der Waals surface area contributed by atoms with Crippen LogP contribution in [0.15, 0.2) is 30.3 Å². The summed E-state index contributed by atoms with van der Waals surface area (Å²) in [5.74, 6) is 0.867. The first-order valence-corrected chi connectivity index (χ1v) is 19.9. The average molecular weight is 361 g/mol. The fourth-order valence-electron chi connectivity index (χ4n) is 6.83. The normalized spacial score (nSPS) is 37.1. The first-order valence-electron chi connectivity index (χ1n) is 9.35. The van der Waals surface area contributed by atoms with Gasteiger partial charge in [-0.05, 0) is 33.5 Å². The smallest absolute Gasteiger partial charge is 0.0513 e. The van der Waals surface area contributed by atoms with Gasteiger partial charge in [0.1, 0.15) is 0 Å². The molecule has 3 aliphatic rings. The van der Waals surface area contributed by atoms with Gasteiger partial charge in [0.05, 0.1) is 16.1 Å². The molecule has 2 atom stereocenters. The van der Waals surface area contributed by atoms with Gasteiger partial charge in [-0.1, -0.05) is 89.3 Å². The summed E-state index contributed by atoms with van der Waals surface area (Å²) in [4.78, 5) is 0. The molecule has 1 aromatic carbocycles. The maximum absolute atomic E-state index is 2.66. The second-order valence-electron chi connectivity index (χ2n) is 11.4. The predicted molar refractivity (Wildman–Crippen MR) is 113 cm³/mol. The van der Waals surface area contributed by atoms with Gasteiger partial charge in [-0.2, -0.15) is 0 Å². The van der Waals surface area contributed by atoms with Crippen LogP contribution in [-0.4, -0.2) is 24.2 Å². The molecule has 0 spiro atoms. The van der Waals surface area contributed by atoms with Crippen LogP contribution in [0.3, 0.4) is 0 Å². The number of hydrogen-bond donors (Lipinski definition) is 0. The average Bonchev–Trinajstić information content (AvgIpc) is 2.20. The number of benzene rings is 1. The summed E-state index contributed by atoms with van der Waals surface area (Å²) in [6.45, 7) is 23.9.